The maximum atomic E-state index is 13.1. The quantitative estimate of drug-likeness (QED) is 0.403. The molecule has 0 unspecified atom stereocenters. The Bertz CT molecular complexity index is 1130. The molecule has 0 aliphatic carbocycles. The van der Waals surface area contributed by atoms with Crippen LogP contribution in [0.2, 0.25) is 0 Å². The van der Waals surface area contributed by atoms with Crippen molar-refractivity contribution in [2.24, 2.45) is 0 Å². The molecule has 0 saturated heterocycles. The van der Waals surface area contributed by atoms with Gasteiger partial charge in [-0.2, -0.15) is 31.3 Å². The zero-order valence-electron chi connectivity index (χ0n) is 17.7. The molecule has 3 aromatic rings. The van der Waals surface area contributed by atoms with Crippen molar-refractivity contribution in [3.05, 3.63) is 53.1 Å². The van der Waals surface area contributed by atoms with Gasteiger partial charge in [0.25, 0.3) is 5.89 Å². The SMILES string of the molecule is CO.O=CCCN1CCc2cc(-c3noc(-c4cc(C(F)(F)F)cc(C(F)(F)F)c4)n3)ccc21. The number of nitrogens with zero attached hydrogens (tertiary/aromatic N) is 3. The standard InChI is InChI=1S/C21H15F6N3O2.CH4O/c22-20(23,24)15-9-14(10-16(11-15)21(25,26)27)19-28-18(29-32-19)13-2-3-17-12(8-13)4-6-30(17)5-1-7-31;1-2/h2-3,7-11H,1,4-6H2;2H,1H3. The van der Waals surface area contributed by atoms with Gasteiger partial charge in [0.1, 0.15) is 6.29 Å². The summed E-state index contributed by atoms with van der Waals surface area (Å²) in [5.41, 5.74) is -0.971. The second kappa shape index (κ2) is 9.84. The predicted molar refractivity (Wildman–Crippen MR) is 110 cm³/mol. The smallest absolute Gasteiger partial charge is 0.400 e. The van der Waals surface area contributed by atoms with Gasteiger partial charge < -0.3 is 19.3 Å². The maximum absolute atomic E-state index is 13.1. The third-order valence-corrected chi connectivity index (χ3v) is 5.11. The normalized spacial score (nSPS) is 13.4. The van der Waals surface area contributed by atoms with Crippen LogP contribution >= 0.6 is 0 Å². The molecule has 1 aromatic heterocycles. The number of halogens is 6. The lowest BCUT2D eigenvalue weighted by atomic mass is 10.0. The number of benzene rings is 2. The highest BCUT2D eigenvalue weighted by Gasteiger charge is 2.37. The van der Waals surface area contributed by atoms with Gasteiger partial charge >= 0.3 is 12.4 Å². The lowest BCUT2D eigenvalue weighted by Crippen LogP contribution is -2.21. The molecular formula is C22H19F6N3O3. The number of aromatic nitrogens is 2. The minimum absolute atomic E-state index is 0.0393. The maximum Gasteiger partial charge on any atom is 0.416 e. The number of carbonyl (C=O) groups is 1. The number of rotatable bonds is 5. The van der Waals surface area contributed by atoms with Gasteiger partial charge in [0.2, 0.25) is 5.82 Å². The van der Waals surface area contributed by atoms with Crippen molar-refractivity contribution >= 4 is 12.0 Å². The van der Waals surface area contributed by atoms with E-state index in [2.05, 4.69) is 15.0 Å². The number of fused-ring (bicyclic) bond motifs is 1. The Morgan fingerprint density at radius 3 is 2.24 bits per heavy atom. The molecule has 1 aliphatic heterocycles. The summed E-state index contributed by atoms with van der Waals surface area (Å²) >= 11 is 0. The van der Waals surface area contributed by atoms with Crippen molar-refractivity contribution in [2.75, 3.05) is 25.1 Å². The molecule has 34 heavy (non-hydrogen) atoms. The highest BCUT2D eigenvalue weighted by molar-refractivity contribution is 5.68. The predicted octanol–water partition coefficient (Wildman–Crippen LogP) is 5.00. The minimum Gasteiger partial charge on any atom is -0.400 e. The second-order valence-corrected chi connectivity index (χ2v) is 7.25. The van der Waals surface area contributed by atoms with Crippen LogP contribution in [0.4, 0.5) is 32.0 Å². The van der Waals surface area contributed by atoms with E-state index in [1.807, 2.05) is 6.07 Å². The summed E-state index contributed by atoms with van der Waals surface area (Å²) in [6.45, 7) is 1.31. The molecule has 6 nitrogen and oxygen atoms in total. The van der Waals surface area contributed by atoms with Gasteiger partial charge in [-0.1, -0.05) is 5.16 Å². The fourth-order valence-electron chi connectivity index (χ4n) is 3.59. The number of alkyl halides is 6. The van der Waals surface area contributed by atoms with Gasteiger partial charge in [0, 0.05) is 43.4 Å². The Labute approximate surface area is 189 Å². The van der Waals surface area contributed by atoms with Crippen LogP contribution in [0.1, 0.15) is 23.1 Å². The van der Waals surface area contributed by atoms with E-state index >= 15 is 0 Å². The molecule has 0 spiro atoms. The molecule has 1 N–H and O–H groups in total. The fourth-order valence-corrected chi connectivity index (χ4v) is 3.59. The first-order valence-electron chi connectivity index (χ1n) is 9.96. The monoisotopic (exact) mass is 487 g/mol. The van der Waals surface area contributed by atoms with Gasteiger partial charge in [0.05, 0.1) is 11.1 Å². The minimum atomic E-state index is -4.98. The summed E-state index contributed by atoms with van der Waals surface area (Å²) in [6.07, 6.45) is -8.00. The number of carbonyl (C=O) groups excluding carboxylic acids is 1. The van der Waals surface area contributed by atoms with E-state index in [4.69, 9.17) is 9.63 Å². The molecular weight excluding hydrogens is 468 g/mol. The summed E-state index contributed by atoms with van der Waals surface area (Å²) in [6, 6.07) is 6.40. The lowest BCUT2D eigenvalue weighted by Gasteiger charge is -2.17. The number of aliphatic hydroxyl groups excluding tert-OH is 1. The highest BCUT2D eigenvalue weighted by atomic mass is 19.4. The van der Waals surface area contributed by atoms with Crippen molar-refractivity contribution < 1.29 is 40.8 Å². The van der Waals surface area contributed by atoms with E-state index in [0.717, 1.165) is 37.6 Å². The average molecular weight is 487 g/mol. The van der Waals surface area contributed by atoms with Crippen LogP contribution in [0.5, 0.6) is 0 Å². The molecule has 0 bridgehead atoms. The first-order chi connectivity index (χ1) is 16.1. The molecule has 0 fully saturated rings. The van der Waals surface area contributed by atoms with Crippen molar-refractivity contribution in [1.29, 1.82) is 0 Å². The topological polar surface area (TPSA) is 79.5 Å². The van der Waals surface area contributed by atoms with Crippen LogP contribution in [0.3, 0.4) is 0 Å². The van der Waals surface area contributed by atoms with Crippen molar-refractivity contribution in [3.8, 4) is 22.8 Å². The van der Waals surface area contributed by atoms with Gasteiger partial charge in [-0.05, 0) is 48.4 Å². The Morgan fingerprint density at radius 1 is 1.00 bits per heavy atom. The number of hydrogen-bond donors (Lipinski definition) is 1. The van der Waals surface area contributed by atoms with E-state index < -0.39 is 34.9 Å². The van der Waals surface area contributed by atoms with Gasteiger partial charge in [-0.15, -0.1) is 0 Å². The van der Waals surface area contributed by atoms with E-state index in [9.17, 15) is 31.1 Å². The number of aliphatic hydroxyl groups is 1. The third kappa shape index (κ3) is 5.38. The van der Waals surface area contributed by atoms with Crippen molar-refractivity contribution in [1.82, 2.24) is 10.1 Å². The lowest BCUT2D eigenvalue weighted by molar-refractivity contribution is -0.143. The molecule has 4 rings (SSSR count). The number of aldehydes is 1. The summed E-state index contributed by atoms with van der Waals surface area (Å²) in [4.78, 5) is 16.7. The van der Waals surface area contributed by atoms with Crippen LogP contribution < -0.4 is 4.90 Å². The molecule has 2 aromatic carbocycles. The Hall–Kier alpha value is -3.41. The molecule has 0 saturated carbocycles. The first kappa shape index (κ1) is 25.2. The van der Waals surface area contributed by atoms with Crippen LogP contribution in [0.25, 0.3) is 22.8 Å². The van der Waals surface area contributed by atoms with E-state index in [1.54, 1.807) is 12.1 Å². The summed E-state index contributed by atoms with van der Waals surface area (Å²) in [7, 11) is 1.00. The first-order valence-corrected chi connectivity index (χ1v) is 9.96. The Balaban J connectivity index is 0.00000158. The van der Waals surface area contributed by atoms with Crippen LogP contribution in [-0.2, 0) is 23.6 Å². The van der Waals surface area contributed by atoms with Crippen molar-refractivity contribution in [3.63, 3.8) is 0 Å². The third-order valence-electron chi connectivity index (χ3n) is 5.11. The fraction of sp³-hybridized carbons (Fsp3) is 0.318. The number of anilines is 1. The molecule has 0 atom stereocenters. The van der Waals surface area contributed by atoms with Gasteiger partial charge in [-0.25, -0.2) is 0 Å². The Morgan fingerprint density at radius 2 is 1.65 bits per heavy atom. The molecule has 2 heterocycles. The van der Waals surface area contributed by atoms with E-state index in [1.165, 1.54) is 0 Å². The molecule has 12 heteroatoms. The van der Waals surface area contributed by atoms with Crippen LogP contribution in [0.15, 0.2) is 40.9 Å². The van der Waals surface area contributed by atoms with E-state index in [0.29, 0.717) is 30.7 Å². The average Bonchev–Trinajstić information content (AvgIpc) is 3.45. The number of hydrogen-bond acceptors (Lipinski definition) is 6. The summed E-state index contributed by atoms with van der Waals surface area (Å²) in [5.74, 6) is -0.412. The highest BCUT2D eigenvalue weighted by Crippen LogP contribution is 2.39. The van der Waals surface area contributed by atoms with Gasteiger partial charge in [0.15, 0.2) is 0 Å². The van der Waals surface area contributed by atoms with Crippen LogP contribution in [-0.4, -0.2) is 41.7 Å². The van der Waals surface area contributed by atoms with Crippen LogP contribution in [0, 0.1) is 0 Å². The summed E-state index contributed by atoms with van der Waals surface area (Å²) < 4.78 is 83.6. The van der Waals surface area contributed by atoms with Gasteiger partial charge in [-0.3, -0.25) is 0 Å². The molecule has 0 amide bonds. The molecule has 0 radical (unpaired) electrons. The Kier molecular flexibility index (Phi) is 7.29. The molecule has 1 aliphatic rings. The van der Waals surface area contributed by atoms with E-state index in [-0.39, 0.29) is 11.9 Å². The molecule has 182 valence electrons. The zero-order valence-corrected chi connectivity index (χ0v) is 17.7. The zero-order chi connectivity index (χ0) is 25.1. The second-order valence-electron chi connectivity index (χ2n) is 7.25. The largest absolute Gasteiger partial charge is 0.416 e. The summed E-state index contributed by atoms with van der Waals surface area (Å²) in [5, 5.41) is 10.7. The van der Waals surface area contributed by atoms with Crippen molar-refractivity contribution in [2.45, 2.75) is 25.2 Å².